The van der Waals surface area contributed by atoms with E-state index in [4.69, 9.17) is 5.26 Å². The van der Waals surface area contributed by atoms with Gasteiger partial charge in [-0.15, -0.1) is 0 Å². The SMILES string of the molecule is CCN(CC(C)C#N)C1C2CC3CC(C2)CC1C3. The first-order valence-electron chi connectivity index (χ1n) is 7.84. The number of rotatable bonds is 4. The average molecular weight is 246 g/mol. The monoisotopic (exact) mass is 246 g/mol. The third-order valence-electron chi connectivity index (χ3n) is 5.73. The lowest BCUT2D eigenvalue weighted by molar-refractivity contribution is -0.0656. The van der Waals surface area contributed by atoms with Crippen LogP contribution in [0.3, 0.4) is 0 Å². The van der Waals surface area contributed by atoms with Gasteiger partial charge in [-0.3, -0.25) is 4.90 Å². The van der Waals surface area contributed by atoms with E-state index in [0.29, 0.717) is 0 Å². The van der Waals surface area contributed by atoms with E-state index >= 15 is 0 Å². The summed E-state index contributed by atoms with van der Waals surface area (Å²) in [5, 5.41) is 9.05. The molecule has 0 saturated heterocycles. The summed E-state index contributed by atoms with van der Waals surface area (Å²) in [6, 6.07) is 3.21. The van der Waals surface area contributed by atoms with Crippen molar-refractivity contribution >= 4 is 0 Å². The summed E-state index contributed by atoms with van der Waals surface area (Å²) in [6.45, 7) is 6.45. The summed E-state index contributed by atoms with van der Waals surface area (Å²) in [5.41, 5.74) is 0. The van der Waals surface area contributed by atoms with E-state index in [9.17, 15) is 0 Å². The summed E-state index contributed by atoms with van der Waals surface area (Å²) in [7, 11) is 0. The molecular weight excluding hydrogens is 220 g/mol. The lowest BCUT2D eigenvalue weighted by Crippen LogP contribution is -2.56. The fourth-order valence-electron chi connectivity index (χ4n) is 5.35. The molecule has 0 heterocycles. The van der Waals surface area contributed by atoms with Crippen molar-refractivity contribution in [3.05, 3.63) is 0 Å². The number of hydrogen-bond donors (Lipinski definition) is 0. The minimum atomic E-state index is 0.183. The molecule has 4 aliphatic carbocycles. The molecule has 1 unspecified atom stereocenters. The van der Waals surface area contributed by atoms with Crippen LogP contribution in [0.5, 0.6) is 0 Å². The quantitative estimate of drug-likeness (QED) is 0.761. The van der Waals surface area contributed by atoms with Crippen molar-refractivity contribution in [3.63, 3.8) is 0 Å². The second-order valence-electron chi connectivity index (χ2n) is 7.04. The topological polar surface area (TPSA) is 27.0 Å². The molecule has 2 heteroatoms. The largest absolute Gasteiger partial charge is 0.299 e. The van der Waals surface area contributed by atoms with Crippen molar-refractivity contribution < 1.29 is 0 Å². The predicted octanol–water partition coefficient (Wildman–Crippen LogP) is 3.29. The number of nitriles is 1. The summed E-state index contributed by atoms with van der Waals surface area (Å²) in [5.74, 6) is 4.19. The normalized spacial score (nSPS) is 43.1. The third kappa shape index (κ3) is 2.07. The van der Waals surface area contributed by atoms with Crippen LogP contribution in [0.1, 0.15) is 46.0 Å². The molecule has 4 rings (SSSR count). The van der Waals surface area contributed by atoms with Gasteiger partial charge in [0, 0.05) is 12.6 Å². The van der Waals surface area contributed by atoms with Crippen LogP contribution in [0, 0.1) is 40.9 Å². The van der Waals surface area contributed by atoms with Gasteiger partial charge in [0.2, 0.25) is 0 Å². The predicted molar refractivity (Wildman–Crippen MR) is 72.9 cm³/mol. The van der Waals surface area contributed by atoms with Gasteiger partial charge in [0.1, 0.15) is 0 Å². The highest BCUT2D eigenvalue weighted by molar-refractivity contribution is 5.02. The summed E-state index contributed by atoms with van der Waals surface area (Å²) < 4.78 is 0. The van der Waals surface area contributed by atoms with Gasteiger partial charge in [0.05, 0.1) is 12.0 Å². The molecule has 0 aromatic heterocycles. The highest BCUT2D eigenvalue weighted by atomic mass is 15.2. The van der Waals surface area contributed by atoms with Crippen LogP contribution >= 0.6 is 0 Å². The first-order valence-corrected chi connectivity index (χ1v) is 7.84. The minimum absolute atomic E-state index is 0.183. The average Bonchev–Trinajstić information content (AvgIpc) is 2.35. The van der Waals surface area contributed by atoms with Gasteiger partial charge in [-0.1, -0.05) is 6.92 Å². The molecule has 0 spiro atoms. The molecule has 18 heavy (non-hydrogen) atoms. The zero-order valence-corrected chi connectivity index (χ0v) is 11.8. The molecule has 4 fully saturated rings. The van der Waals surface area contributed by atoms with Gasteiger partial charge in [-0.25, -0.2) is 0 Å². The van der Waals surface area contributed by atoms with Crippen molar-refractivity contribution in [3.8, 4) is 6.07 Å². The van der Waals surface area contributed by atoms with Gasteiger partial charge in [0.25, 0.3) is 0 Å². The molecular formula is C16H26N2. The zero-order valence-electron chi connectivity index (χ0n) is 11.8. The second-order valence-corrected chi connectivity index (χ2v) is 7.04. The highest BCUT2D eigenvalue weighted by Crippen LogP contribution is 2.55. The molecule has 0 N–H and O–H groups in total. The Labute approximate surface area is 111 Å². The van der Waals surface area contributed by atoms with E-state index in [1.165, 1.54) is 32.1 Å². The minimum Gasteiger partial charge on any atom is -0.299 e. The van der Waals surface area contributed by atoms with E-state index in [-0.39, 0.29) is 5.92 Å². The lowest BCUT2D eigenvalue weighted by Gasteiger charge is -2.57. The van der Waals surface area contributed by atoms with Crippen molar-refractivity contribution in [2.45, 2.75) is 52.0 Å². The van der Waals surface area contributed by atoms with Crippen LogP contribution < -0.4 is 0 Å². The van der Waals surface area contributed by atoms with Crippen LogP contribution in [0.15, 0.2) is 0 Å². The van der Waals surface area contributed by atoms with E-state index < -0.39 is 0 Å². The van der Waals surface area contributed by atoms with Crippen LogP contribution in [-0.4, -0.2) is 24.0 Å². The molecule has 0 radical (unpaired) electrons. The van der Waals surface area contributed by atoms with E-state index in [1.807, 2.05) is 0 Å². The molecule has 0 amide bonds. The van der Waals surface area contributed by atoms with Crippen LogP contribution in [-0.2, 0) is 0 Å². The molecule has 4 saturated carbocycles. The Morgan fingerprint density at radius 2 is 1.67 bits per heavy atom. The molecule has 0 aliphatic heterocycles. The molecule has 100 valence electrons. The van der Waals surface area contributed by atoms with Gasteiger partial charge in [-0.05, 0) is 69.2 Å². The van der Waals surface area contributed by atoms with E-state index in [0.717, 1.165) is 42.8 Å². The first kappa shape index (κ1) is 12.5. The third-order valence-corrected chi connectivity index (χ3v) is 5.73. The fourth-order valence-corrected chi connectivity index (χ4v) is 5.35. The maximum Gasteiger partial charge on any atom is 0.0666 e. The van der Waals surface area contributed by atoms with Crippen molar-refractivity contribution in [2.75, 3.05) is 13.1 Å². The maximum atomic E-state index is 9.05. The van der Waals surface area contributed by atoms with Crippen molar-refractivity contribution in [2.24, 2.45) is 29.6 Å². The fraction of sp³-hybridized carbons (Fsp3) is 0.938. The Balaban J connectivity index is 1.73. The van der Waals surface area contributed by atoms with Crippen molar-refractivity contribution in [1.82, 2.24) is 4.90 Å². The Kier molecular flexibility index (Phi) is 3.36. The smallest absolute Gasteiger partial charge is 0.0666 e. The summed E-state index contributed by atoms with van der Waals surface area (Å²) in [6.07, 6.45) is 7.45. The van der Waals surface area contributed by atoms with Gasteiger partial charge in [0.15, 0.2) is 0 Å². The molecule has 4 bridgehead atoms. The number of hydrogen-bond acceptors (Lipinski definition) is 2. The molecule has 2 nitrogen and oxygen atoms in total. The molecule has 1 atom stereocenters. The first-order chi connectivity index (χ1) is 8.71. The van der Waals surface area contributed by atoms with Gasteiger partial charge in [-0.2, -0.15) is 5.26 Å². The van der Waals surface area contributed by atoms with E-state index in [1.54, 1.807) is 0 Å². The summed E-state index contributed by atoms with van der Waals surface area (Å²) in [4.78, 5) is 2.64. The standard InChI is InChI=1S/C16H26N2/c1-3-18(10-11(2)9-17)16-14-5-12-4-13(7-14)8-15(16)6-12/h11-16H,3-8,10H2,1-2H3. The van der Waals surface area contributed by atoms with Crippen LogP contribution in [0.2, 0.25) is 0 Å². The van der Waals surface area contributed by atoms with Crippen molar-refractivity contribution in [1.29, 1.82) is 5.26 Å². The van der Waals surface area contributed by atoms with Crippen LogP contribution in [0.4, 0.5) is 0 Å². The Morgan fingerprint density at radius 1 is 1.11 bits per heavy atom. The molecule has 4 aliphatic rings. The molecule has 0 aromatic carbocycles. The van der Waals surface area contributed by atoms with Gasteiger partial charge < -0.3 is 0 Å². The number of nitrogens with zero attached hydrogens (tertiary/aromatic N) is 2. The van der Waals surface area contributed by atoms with E-state index in [2.05, 4.69) is 24.8 Å². The second kappa shape index (κ2) is 4.85. The highest BCUT2D eigenvalue weighted by Gasteiger charge is 2.49. The Bertz CT molecular complexity index is 315. The lowest BCUT2D eigenvalue weighted by atomic mass is 9.54. The zero-order chi connectivity index (χ0) is 12.7. The van der Waals surface area contributed by atoms with Gasteiger partial charge >= 0.3 is 0 Å². The molecule has 0 aromatic rings. The van der Waals surface area contributed by atoms with Crippen LogP contribution in [0.25, 0.3) is 0 Å². The summed E-state index contributed by atoms with van der Waals surface area (Å²) >= 11 is 0. The Morgan fingerprint density at radius 3 is 2.11 bits per heavy atom. The Hall–Kier alpha value is -0.550. The maximum absolute atomic E-state index is 9.05.